The quantitative estimate of drug-likeness (QED) is 0.770. The van der Waals surface area contributed by atoms with Gasteiger partial charge in [-0.15, -0.1) is 0 Å². The molecule has 18 heavy (non-hydrogen) atoms. The Hall–Kier alpha value is -1.80. The molecule has 0 saturated carbocycles. The fourth-order valence-corrected chi connectivity index (χ4v) is 3.26. The summed E-state index contributed by atoms with van der Waals surface area (Å²) in [6.45, 7) is 0. The van der Waals surface area contributed by atoms with E-state index in [0.717, 1.165) is 25.7 Å². The summed E-state index contributed by atoms with van der Waals surface area (Å²) in [7, 11) is 0. The Balaban J connectivity index is 1.99. The lowest BCUT2D eigenvalue weighted by Gasteiger charge is -2.38. The molecule has 3 N–H and O–H groups in total. The molecule has 0 amide bonds. The summed E-state index contributed by atoms with van der Waals surface area (Å²) in [5.74, 6) is 0.716. The number of nitrogen functional groups attached to an aromatic ring is 1. The largest absolute Gasteiger partial charge is 0.395 e. The van der Waals surface area contributed by atoms with Crippen LogP contribution in [0.25, 0.3) is 0 Å². The van der Waals surface area contributed by atoms with Gasteiger partial charge < -0.3 is 15.7 Å². The predicted octanol–water partition coefficient (Wildman–Crippen LogP) is 1.03. The molecule has 0 radical (unpaired) electrons. The van der Waals surface area contributed by atoms with Crippen molar-refractivity contribution in [3.05, 3.63) is 17.8 Å². The van der Waals surface area contributed by atoms with Crippen LogP contribution in [0.4, 0.5) is 11.5 Å². The van der Waals surface area contributed by atoms with Crippen molar-refractivity contribution in [3.63, 3.8) is 0 Å². The molecular weight excluding hydrogens is 228 g/mol. The fraction of sp³-hybridized carbons (Fsp3) is 0.538. The molecule has 3 heterocycles. The van der Waals surface area contributed by atoms with Crippen LogP contribution in [0.2, 0.25) is 0 Å². The van der Waals surface area contributed by atoms with Crippen molar-refractivity contribution >= 4 is 11.5 Å². The fourth-order valence-electron chi connectivity index (χ4n) is 3.26. The van der Waals surface area contributed by atoms with Crippen LogP contribution in [-0.2, 0) is 0 Å². The molecule has 2 aliphatic rings. The van der Waals surface area contributed by atoms with Gasteiger partial charge in [0.2, 0.25) is 0 Å². The lowest BCUT2D eigenvalue weighted by Crippen LogP contribution is -2.45. The van der Waals surface area contributed by atoms with Crippen molar-refractivity contribution in [2.75, 3.05) is 10.6 Å². The monoisotopic (exact) mass is 244 g/mol. The molecule has 0 aromatic carbocycles. The zero-order valence-corrected chi connectivity index (χ0v) is 10.1. The third-order valence-electron chi connectivity index (χ3n) is 4.04. The van der Waals surface area contributed by atoms with Crippen molar-refractivity contribution in [3.8, 4) is 6.07 Å². The van der Waals surface area contributed by atoms with E-state index in [1.54, 1.807) is 12.3 Å². The van der Waals surface area contributed by atoms with Gasteiger partial charge in [0, 0.05) is 18.3 Å². The Morgan fingerprint density at radius 2 is 2.06 bits per heavy atom. The maximum absolute atomic E-state index is 9.79. The number of hydrogen-bond donors (Lipinski definition) is 2. The molecule has 1 aromatic rings. The molecule has 5 nitrogen and oxygen atoms in total. The minimum Gasteiger partial charge on any atom is -0.395 e. The van der Waals surface area contributed by atoms with E-state index in [2.05, 4.69) is 16.0 Å². The molecule has 5 heteroatoms. The third kappa shape index (κ3) is 1.61. The standard InChI is InChI=1S/C13H16N4O/c14-7-8-3-4-16-13(12(8)15)17-9-1-2-10(17)6-11(18)5-9/h3-4,9-11,18H,1-2,5-6,15H2. The number of nitrogens with zero attached hydrogens (tertiary/aromatic N) is 3. The lowest BCUT2D eigenvalue weighted by molar-refractivity contribution is 0.126. The van der Waals surface area contributed by atoms with E-state index in [9.17, 15) is 5.11 Å². The molecule has 2 unspecified atom stereocenters. The average Bonchev–Trinajstić information content (AvgIpc) is 2.62. The van der Waals surface area contributed by atoms with E-state index in [1.807, 2.05) is 0 Å². The van der Waals surface area contributed by atoms with Crippen LogP contribution >= 0.6 is 0 Å². The van der Waals surface area contributed by atoms with Crippen LogP contribution in [0.1, 0.15) is 31.2 Å². The van der Waals surface area contributed by atoms with E-state index >= 15 is 0 Å². The van der Waals surface area contributed by atoms with Crippen LogP contribution < -0.4 is 10.6 Å². The number of hydrogen-bond acceptors (Lipinski definition) is 5. The zero-order chi connectivity index (χ0) is 12.7. The number of rotatable bonds is 1. The molecule has 0 aliphatic carbocycles. The van der Waals surface area contributed by atoms with Crippen LogP contribution in [0.3, 0.4) is 0 Å². The van der Waals surface area contributed by atoms with Crippen molar-refractivity contribution < 1.29 is 5.11 Å². The molecule has 0 spiro atoms. The molecule has 2 aliphatic heterocycles. The number of aliphatic hydroxyl groups excluding tert-OH is 1. The first-order valence-corrected chi connectivity index (χ1v) is 6.31. The van der Waals surface area contributed by atoms with Gasteiger partial charge in [-0.05, 0) is 31.7 Å². The van der Waals surface area contributed by atoms with E-state index in [1.165, 1.54) is 0 Å². The first-order valence-electron chi connectivity index (χ1n) is 6.31. The van der Waals surface area contributed by atoms with E-state index in [4.69, 9.17) is 11.0 Å². The highest BCUT2D eigenvalue weighted by molar-refractivity contribution is 5.71. The highest BCUT2D eigenvalue weighted by Crippen LogP contribution is 2.40. The maximum Gasteiger partial charge on any atom is 0.153 e. The van der Waals surface area contributed by atoms with E-state index < -0.39 is 0 Å². The highest BCUT2D eigenvalue weighted by atomic mass is 16.3. The Morgan fingerprint density at radius 1 is 1.39 bits per heavy atom. The summed E-state index contributed by atoms with van der Waals surface area (Å²) in [4.78, 5) is 6.56. The highest BCUT2D eigenvalue weighted by Gasteiger charge is 2.41. The number of nitrogens with two attached hydrogens (primary N) is 1. The van der Waals surface area contributed by atoms with Crippen LogP contribution in [0.15, 0.2) is 12.3 Å². The minimum absolute atomic E-state index is 0.209. The van der Waals surface area contributed by atoms with Gasteiger partial charge >= 0.3 is 0 Å². The molecule has 2 bridgehead atoms. The van der Waals surface area contributed by atoms with Gasteiger partial charge in [-0.25, -0.2) is 4.98 Å². The molecule has 2 atom stereocenters. The summed E-state index contributed by atoms with van der Waals surface area (Å²) in [5, 5.41) is 18.8. The van der Waals surface area contributed by atoms with Gasteiger partial charge in [0.15, 0.2) is 5.82 Å². The van der Waals surface area contributed by atoms with Crippen LogP contribution in [0, 0.1) is 11.3 Å². The summed E-state index contributed by atoms with van der Waals surface area (Å²) in [5.41, 5.74) is 6.97. The SMILES string of the molecule is N#Cc1ccnc(N2C3CCC2CC(O)C3)c1N. The Bertz CT molecular complexity index is 496. The Kier molecular flexibility index (Phi) is 2.60. The van der Waals surface area contributed by atoms with Gasteiger partial charge in [0.05, 0.1) is 17.4 Å². The minimum atomic E-state index is -0.209. The Morgan fingerprint density at radius 3 is 2.67 bits per heavy atom. The van der Waals surface area contributed by atoms with Gasteiger partial charge in [-0.1, -0.05) is 0 Å². The number of anilines is 2. The van der Waals surface area contributed by atoms with E-state index in [-0.39, 0.29) is 6.10 Å². The smallest absolute Gasteiger partial charge is 0.153 e. The second kappa shape index (κ2) is 4.14. The first-order chi connectivity index (χ1) is 8.70. The number of nitriles is 1. The second-order valence-electron chi connectivity index (χ2n) is 5.13. The van der Waals surface area contributed by atoms with Gasteiger partial charge in [-0.2, -0.15) is 5.26 Å². The summed E-state index contributed by atoms with van der Waals surface area (Å²) in [6, 6.07) is 4.35. The second-order valence-corrected chi connectivity index (χ2v) is 5.13. The third-order valence-corrected chi connectivity index (χ3v) is 4.04. The summed E-state index contributed by atoms with van der Waals surface area (Å²) < 4.78 is 0. The number of piperidine rings is 1. The predicted molar refractivity (Wildman–Crippen MR) is 67.9 cm³/mol. The van der Waals surface area contributed by atoms with Crippen molar-refractivity contribution in [2.45, 2.75) is 43.9 Å². The number of aromatic nitrogens is 1. The number of aliphatic hydroxyl groups is 1. The Labute approximate surface area is 106 Å². The first kappa shape index (κ1) is 11.3. The van der Waals surface area contributed by atoms with Crippen LogP contribution in [0.5, 0.6) is 0 Å². The number of pyridine rings is 1. The molecule has 94 valence electrons. The van der Waals surface area contributed by atoms with E-state index in [0.29, 0.717) is 29.2 Å². The molecular formula is C13H16N4O. The van der Waals surface area contributed by atoms with Gasteiger partial charge in [-0.3, -0.25) is 0 Å². The number of fused-ring (bicyclic) bond motifs is 2. The topological polar surface area (TPSA) is 86.2 Å². The molecule has 2 fully saturated rings. The average molecular weight is 244 g/mol. The van der Waals surface area contributed by atoms with Crippen LogP contribution in [-0.4, -0.2) is 28.3 Å². The molecule has 3 rings (SSSR count). The maximum atomic E-state index is 9.79. The normalized spacial score (nSPS) is 30.2. The molecule has 1 aromatic heterocycles. The lowest BCUT2D eigenvalue weighted by atomic mass is 9.99. The zero-order valence-electron chi connectivity index (χ0n) is 10.1. The van der Waals surface area contributed by atoms with Crippen molar-refractivity contribution in [1.29, 1.82) is 5.26 Å². The van der Waals surface area contributed by atoms with Gasteiger partial charge in [0.25, 0.3) is 0 Å². The van der Waals surface area contributed by atoms with Crippen molar-refractivity contribution in [1.82, 2.24) is 4.98 Å². The summed E-state index contributed by atoms with van der Waals surface area (Å²) >= 11 is 0. The van der Waals surface area contributed by atoms with Crippen molar-refractivity contribution in [2.24, 2.45) is 0 Å². The van der Waals surface area contributed by atoms with Gasteiger partial charge in [0.1, 0.15) is 6.07 Å². The summed E-state index contributed by atoms with van der Waals surface area (Å²) in [6.07, 6.45) is 5.11. The molecule has 2 saturated heterocycles.